The van der Waals surface area contributed by atoms with Gasteiger partial charge in [0.2, 0.25) is 0 Å². The maximum atomic E-state index is 11.3. The molecule has 0 saturated heterocycles. The molecule has 0 bridgehead atoms. The Bertz CT molecular complexity index is 621. The summed E-state index contributed by atoms with van der Waals surface area (Å²) in [4.78, 5) is 11.3. The highest BCUT2D eigenvalue weighted by atomic mass is 16.4. The largest absolute Gasteiger partial charge is 0.478 e. The molecule has 100 valence electrons. The fourth-order valence-corrected chi connectivity index (χ4v) is 2.35. The Labute approximate surface area is 114 Å². The number of rotatable bonds is 2. The maximum absolute atomic E-state index is 11.3. The monoisotopic (exact) mass is 256 g/mol. The van der Waals surface area contributed by atoms with Crippen molar-refractivity contribution in [2.45, 2.75) is 33.6 Å². The first-order valence-electron chi connectivity index (χ1n) is 6.57. The minimum absolute atomic E-state index is 0.146. The lowest BCUT2D eigenvalue weighted by Crippen LogP contribution is -2.16. The third kappa shape index (κ3) is 2.48. The molecule has 1 N–H and O–H groups in total. The van der Waals surface area contributed by atoms with Crippen molar-refractivity contribution < 1.29 is 9.90 Å². The molecule has 0 aliphatic heterocycles. The number of aromatic carboxylic acids is 1. The number of carboxylic acid groups (broad SMARTS) is 1. The van der Waals surface area contributed by atoms with Crippen LogP contribution in [0.5, 0.6) is 0 Å². The van der Waals surface area contributed by atoms with Crippen molar-refractivity contribution in [3.8, 4) is 0 Å². The Morgan fingerprint density at radius 2 is 1.63 bits per heavy atom. The number of carbonyl (C=O) groups is 1. The quantitative estimate of drug-likeness (QED) is 0.846. The highest BCUT2D eigenvalue weighted by molar-refractivity contribution is 6.04. The zero-order valence-electron chi connectivity index (χ0n) is 11.9. The molecule has 0 aliphatic carbocycles. The summed E-state index contributed by atoms with van der Waals surface area (Å²) in [6.45, 7) is 8.81. The molecule has 0 radical (unpaired) electrons. The minimum Gasteiger partial charge on any atom is -0.478 e. The molecule has 0 saturated carbocycles. The summed E-state index contributed by atoms with van der Waals surface area (Å²) in [7, 11) is 0. The van der Waals surface area contributed by atoms with Crippen LogP contribution in [0, 0.1) is 5.41 Å². The van der Waals surface area contributed by atoms with Crippen molar-refractivity contribution in [3.63, 3.8) is 0 Å². The predicted octanol–water partition coefficient (Wildman–Crippen LogP) is 4.69. The third-order valence-electron chi connectivity index (χ3n) is 3.95. The van der Waals surface area contributed by atoms with Crippen molar-refractivity contribution in [2.75, 3.05) is 0 Å². The van der Waals surface area contributed by atoms with Gasteiger partial charge in [0.25, 0.3) is 0 Å². The van der Waals surface area contributed by atoms with Crippen molar-refractivity contribution in [3.05, 3.63) is 47.5 Å². The summed E-state index contributed by atoms with van der Waals surface area (Å²) in [6, 6.07) is 11.4. The predicted molar refractivity (Wildman–Crippen MR) is 78.8 cm³/mol. The normalized spacial score (nSPS) is 13.5. The number of carboxylic acids is 1. The molecule has 0 amide bonds. The Morgan fingerprint density at radius 1 is 1.05 bits per heavy atom. The summed E-state index contributed by atoms with van der Waals surface area (Å²) in [5.41, 5.74) is 1.74. The van der Waals surface area contributed by atoms with E-state index < -0.39 is 5.97 Å². The summed E-state index contributed by atoms with van der Waals surface area (Å²) >= 11 is 0. The van der Waals surface area contributed by atoms with E-state index in [-0.39, 0.29) is 5.41 Å². The van der Waals surface area contributed by atoms with Crippen LogP contribution in [0.15, 0.2) is 36.4 Å². The first kappa shape index (κ1) is 13.6. The van der Waals surface area contributed by atoms with Crippen LogP contribution >= 0.6 is 0 Å². The smallest absolute Gasteiger partial charge is 0.336 e. The molecular formula is C17H20O2. The molecule has 0 fully saturated rings. The van der Waals surface area contributed by atoms with Crippen LogP contribution in [0.2, 0.25) is 0 Å². The molecule has 2 aromatic carbocycles. The number of hydrogen-bond acceptors (Lipinski definition) is 1. The lowest BCUT2D eigenvalue weighted by atomic mass is 9.76. The van der Waals surface area contributed by atoms with Crippen LogP contribution < -0.4 is 0 Å². The number of hydrogen-bond donors (Lipinski definition) is 1. The van der Waals surface area contributed by atoms with E-state index in [0.29, 0.717) is 11.5 Å². The molecule has 0 aromatic heterocycles. The molecule has 1 unspecified atom stereocenters. The molecule has 2 nitrogen and oxygen atoms in total. The molecule has 0 heterocycles. The van der Waals surface area contributed by atoms with Crippen molar-refractivity contribution in [1.29, 1.82) is 0 Å². The Kier molecular flexibility index (Phi) is 3.36. The molecule has 19 heavy (non-hydrogen) atoms. The molecule has 2 aromatic rings. The third-order valence-corrected chi connectivity index (χ3v) is 3.95. The van der Waals surface area contributed by atoms with Crippen LogP contribution in [0.1, 0.15) is 49.5 Å². The highest BCUT2D eigenvalue weighted by Gasteiger charge is 2.24. The number of benzene rings is 2. The molecule has 0 spiro atoms. The van der Waals surface area contributed by atoms with Gasteiger partial charge < -0.3 is 5.11 Å². The standard InChI is InChI=1S/C17H20O2/c1-11(17(2,3)4)12-9-10-15(16(18)19)14-8-6-5-7-13(12)14/h5-11H,1-4H3,(H,18,19). The highest BCUT2D eigenvalue weighted by Crippen LogP contribution is 2.38. The molecule has 0 aliphatic rings. The van der Waals surface area contributed by atoms with Gasteiger partial charge in [0, 0.05) is 0 Å². The molecular weight excluding hydrogens is 236 g/mol. The Morgan fingerprint density at radius 3 is 2.16 bits per heavy atom. The van der Waals surface area contributed by atoms with E-state index in [1.54, 1.807) is 6.07 Å². The second kappa shape index (κ2) is 4.69. The SMILES string of the molecule is CC(c1ccc(C(=O)O)c2ccccc12)C(C)(C)C. The van der Waals surface area contributed by atoms with Crippen LogP contribution in [-0.2, 0) is 0 Å². The Hall–Kier alpha value is -1.83. The van der Waals surface area contributed by atoms with E-state index in [4.69, 9.17) is 0 Å². The van der Waals surface area contributed by atoms with E-state index >= 15 is 0 Å². The molecule has 2 heteroatoms. The van der Waals surface area contributed by atoms with Crippen LogP contribution in [0.3, 0.4) is 0 Å². The van der Waals surface area contributed by atoms with Gasteiger partial charge in [-0.05, 0) is 33.7 Å². The average Bonchev–Trinajstić information content (AvgIpc) is 2.35. The van der Waals surface area contributed by atoms with E-state index in [1.165, 1.54) is 5.56 Å². The minimum atomic E-state index is -0.869. The summed E-state index contributed by atoms with van der Waals surface area (Å²) in [5.74, 6) is -0.508. The van der Waals surface area contributed by atoms with Crippen molar-refractivity contribution >= 4 is 16.7 Å². The van der Waals surface area contributed by atoms with Crippen LogP contribution in [-0.4, -0.2) is 11.1 Å². The summed E-state index contributed by atoms with van der Waals surface area (Å²) in [5, 5.41) is 11.1. The van der Waals surface area contributed by atoms with Crippen molar-refractivity contribution in [1.82, 2.24) is 0 Å². The van der Waals surface area contributed by atoms with Crippen LogP contribution in [0.4, 0.5) is 0 Å². The summed E-state index contributed by atoms with van der Waals surface area (Å²) in [6.07, 6.45) is 0. The fourth-order valence-electron chi connectivity index (χ4n) is 2.35. The van der Waals surface area contributed by atoms with Crippen LogP contribution in [0.25, 0.3) is 10.8 Å². The maximum Gasteiger partial charge on any atom is 0.336 e. The first-order valence-corrected chi connectivity index (χ1v) is 6.57. The van der Waals surface area contributed by atoms with Gasteiger partial charge in [-0.3, -0.25) is 0 Å². The lowest BCUT2D eigenvalue weighted by Gasteiger charge is -2.29. The van der Waals surface area contributed by atoms with Gasteiger partial charge in [0.15, 0.2) is 0 Å². The van der Waals surface area contributed by atoms with E-state index in [2.05, 4.69) is 27.7 Å². The van der Waals surface area contributed by atoms with Gasteiger partial charge in [-0.2, -0.15) is 0 Å². The summed E-state index contributed by atoms with van der Waals surface area (Å²) < 4.78 is 0. The molecule has 2 rings (SSSR count). The zero-order chi connectivity index (χ0) is 14.2. The zero-order valence-corrected chi connectivity index (χ0v) is 11.9. The van der Waals surface area contributed by atoms with E-state index in [9.17, 15) is 9.90 Å². The number of fused-ring (bicyclic) bond motifs is 1. The topological polar surface area (TPSA) is 37.3 Å². The van der Waals surface area contributed by atoms with Gasteiger partial charge in [0.1, 0.15) is 0 Å². The molecule has 1 atom stereocenters. The van der Waals surface area contributed by atoms with Gasteiger partial charge in [-0.1, -0.05) is 58.0 Å². The Balaban J connectivity index is 2.72. The second-order valence-electron chi connectivity index (χ2n) is 6.14. The van der Waals surface area contributed by atoms with Gasteiger partial charge in [-0.15, -0.1) is 0 Å². The van der Waals surface area contributed by atoms with Gasteiger partial charge in [-0.25, -0.2) is 4.79 Å². The van der Waals surface area contributed by atoms with Crippen molar-refractivity contribution in [2.24, 2.45) is 5.41 Å². The first-order chi connectivity index (χ1) is 8.82. The van der Waals surface area contributed by atoms with Gasteiger partial charge in [0.05, 0.1) is 5.56 Å². The van der Waals surface area contributed by atoms with E-state index in [1.807, 2.05) is 30.3 Å². The fraction of sp³-hybridized carbons (Fsp3) is 0.353. The second-order valence-corrected chi connectivity index (χ2v) is 6.14. The average molecular weight is 256 g/mol. The lowest BCUT2D eigenvalue weighted by molar-refractivity contribution is 0.0699. The van der Waals surface area contributed by atoms with E-state index in [0.717, 1.165) is 10.8 Å². The van der Waals surface area contributed by atoms with Gasteiger partial charge >= 0.3 is 5.97 Å².